The van der Waals surface area contributed by atoms with Gasteiger partial charge in [0, 0.05) is 23.1 Å². The lowest BCUT2D eigenvalue weighted by molar-refractivity contribution is 0.187. The van der Waals surface area contributed by atoms with E-state index in [0.717, 1.165) is 22.7 Å². The zero-order valence-corrected chi connectivity index (χ0v) is 17.2. The van der Waals surface area contributed by atoms with Gasteiger partial charge < -0.3 is 4.90 Å². The fourth-order valence-electron chi connectivity index (χ4n) is 2.96. The maximum absolute atomic E-state index is 13.2. The molecule has 5 nitrogen and oxygen atoms in total. The number of nitrogens with zero attached hydrogens (tertiary/aromatic N) is 2. The Morgan fingerprint density at radius 3 is 2.30 bits per heavy atom. The van der Waals surface area contributed by atoms with Gasteiger partial charge in [-0.15, -0.1) is 0 Å². The van der Waals surface area contributed by atoms with Crippen LogP contribution in [0, 0.1) is 6.92 Å². The van der Waals surface area contributed by atoms with Crippen LogP contribution in [0.4, 0.5) is 4.79 Å². The first-order valence-corrected chi connectivity index (χ1v) is 10.8. The SMILES string of the molecule is Cc1ccc(S(=O)(=O)N(Cc2ccc(Cl)cc2Cl)C(=O)N2CCCC2)cc1. The lowest BCUT2D eigenvalue weighted by Crippen LogP contribution is -2.44. The monoisotopic (exact) mass is 426 g/mol. The number of benzene rings is 2. The van der Waals surface area contributed by atoms with E-state index >= 15 is 0 Å². The van der Waals surface area contributed by atoms with Crippen LogP contribution in [-0.2, 0) is 16.6 Å². The Bertz CT molecular complexity index is 940. The van der Waals surface area contributed by atoms with Crippen molar-refractivity contribution in [1.29, 1.82) is 0 Å². The fraction of sp³-hybridized carbons (Fsp3) is 0.316. The number of urea groups is 1. The Morgan fingerprint density at radius 2 is 1.70 bits per heavy atom. The van der Waals surface area contributed by atoms with Crippen LogP contribution in [0.5, 0.6) is 0 Å². The standard InChI is InChI=1S/C19H20Cl2N2O3S/c1-14-4-8-17(9-5-14)27(25,26)23(19(24)22-10-2-3-11-22)13-15-6-7-16(20)12-18(15)21/h4-9,12H,2-3,10-11,13H2,1H3. The molecule has 0 aromatic heterocycles. The second kappa shape index (κ2) is 8.09. The van der Waals surface area contributed by atoms with Crippen LogP contribution < -0.4 is 0 Å². The predicted octanol–water partition coefficient (Wildman–Crippen LogP) is 4.71. The van der Waals surface area contributed by atoms with Gasteiger partial charge in [0.1, 0.15) is 0 Å². The molecule has 0 aliphatic carbocycles. The molecule has 0 unspecified atom stereocenters. The van der Waals surface area contributed by atoms with Crippen molar-refractivity contribution in [3.63, 3.8) is 0 Å². The summed E-state index contributed by atoms with van der Waals surface area (Å²) in [6, 6.07) is 10.7. The van der Waals surface area contributed by atoms with Crippen LogP contribution >= 0.6 is 23.2 Å². The van der Waals surface area contributed by atoms with E-state index in [1.807, 2.05) is 6.92 Å². The highest BCUT2D eigenvalue weighted by Crippen LogP contribution is 2.27. The van der Waals surface area contributed by atoms with Crippen LogP contribution in [0.1, 0.15) is 24.0 Å². The molecule has 0 radical (unpaired) electrons. The van der Waals surface area contributed by atoms with Crippen molar-refractivity contribution < 1.29 is 13.2 Å². The molecular formula is C19H20Cl2N2O3S. The number of halogens is 2. The number of hydrogen-bond acceptors (Lipinski definition) is 3. The number of amides is 2. The summed E-state index contributed by atoms with van der Waals surface area (Å²) in [6.45, 7) is 2.82. The Balaban J connectivity index is 2.00. The van der Waals surface area contributed by atoms with Crippen molar-refractivity contribution in [2.24, 2.45) is 0 Å². The summed E-state index contributed by atoms with van der Waals surface area (Å²) in [6.07, 6.45) is 1.73. The number of aryl methyl sites for hydroxylation is 1. The normalized spacial score (nSPS) is 14.4. The summed E-state index contributed by atoms with van der Waals surface area (Å²) in [7, 11) is -4.03. The summed E-state index contributed by atoms with van der Waals surface area (Å²) < 4.78 is 27.4. The Kier molecular flexibility index (Phi) is 5.99. The molecule has 1 aliphatic heterocycles. The number of likely N-dealkylation sites (tertiary alicyclic amines) is 1. The molecule has 0 bridgehead atoms. The third-order valence-corrected chi connectivity index (χ3v) is 6.85. The van der Waals surface area contributed by atoms with Crippen LogP contribution in [-0.4, -0.2) is 36.7 Å². The van der Waals surface area contributed by atoms with Gasteiger partial charge in [-0.2, -0.15) is 0 Å². The topological polar surface area (TPSA) is 57.7 Å². The molecule has 144 valence electrons. The zero-order valence-electron chi connectivity index (χ0n) is 14.9. The van der Waals surface area contributed by atoms with E-state index < -0.39 is 16.1 Å². The molecule has 27 heavy (non-hydrogen) atoms. The third kappa shape index (κ3) is 4.39. The van der Waals surface area contributed by atoms with Crippen LogP contribution in [0.15, 0.2) is 47.4 Å². The van der Waals surface area contributed by atoms with Crippen LogP contribution in [0.2, 0.25) is 10.0 Å². The largest absolute Gasteiger partial charge is 0.334 e. The molecule has 0 atom stereocenters. The minimum absolute atomic E-state index is 0.0748. The van der Waals surface area contributed by atoms with Crippen LogP contribution in [0.3, 0.4) is 0 Å². The minimum Gasteiger partial charge on any atom is -0.324 e. The third-order valence-electron chi connectivity index (χ3n) is 4.53. The molecule has 0 saturated carbocycles. The molecular weight excluding hydrogens is 407 g/mol. The summed E-state index contributed by atoms with van der Waals surface area (Å²) in [5, 5.41) is 0.767. The van der Waals surface area contributed by atoms with Gasteiger partial charge in [-0.25, -0.2) is 17.5 Å². The lowest BCUT2D eigenvalue weighted by Gasteiger charge is -2.28. The molecule has 8 heteroatoms. The van der Waals surface area contributed by atoms with Gasteiger partial charge in [0.25, 0.3) is 10.0 Å². The van der Waals surface area contributed by atoms with Gasteiger partial charge in [0.05, 0.1) is 11.4 Å². The highest BCUT2D eigenvalue weighted by molar-refractivity contribution is 7.89. The maximum atomic E-state index is 13.2. The van der Waals surface area contributed by atoms with E-state index in [1.54, 1.807) is 29.2 Å². The fourth-order valence-corrected chi connectivity index (χ4v) is 4.80. The molecule has 0 N–H and O–H groups in total. The summed E-state index contributed by atoms with van der Waals surface area (Å²) in [5.41, 5.74) is 1.46. The molecule has 1 heterocycles. The average Bonchev–Trinajstić information content (AvgIpc) is 3.15. The Morgan fingerprint density at radius 1 is 1.07 bits per heavy atom. The molecule has 1 fully saturated rings. The van der Waals surface area contributed by atoms with Crippen LogP contribution in [0.25, 0.3) is 0 Å². The van der Waals surface area contributed by atoms with E-state index in [-0.39, 0.29) is 11.4 Å². The number of carbonyl (C=O) groups excluding carboxylic acids is 1. The Labute approximate surface area is 169 Å². The van der Waals surface area contributed by atoms with Crippen molar-refractivity contribution in [2.45, 2.75) is 31.2 Å². The van der Waals surface area contributed by atoms with Gasteiger partial charge in [-0.1, -0.05) is 47.0 Å². The number of carbonyl (C=O) groups is 1. The van der Waals surface area contributed by atoms with Crippen molar-refractivity contribution in [2.75, 3.05) is 13.1 Å². The lowest BCUT2D eigenvalue weighted by atomic mass is 10.2. The highest BCUT2D eigenvalue weighted by Gasteiger charge is 2.34. The van der Waals surface area contributed by atoms with E-state index in [2.05, 4.69) is 0 Å². The van der Waals surface area contributed by atoms with E-state index in [1.165, 1.54) is 18.2 Å². The van der Waals surface area contributed by atoms with Crippen molar-refractivity contribution in [3.05, 3.63) is 63.6 Å². The highest BCUT2D eigenvalue weighted by atomic mass is 35.5. The number of hydrogen-bond donors (Lipinski definition) is 0. The molecule has 2 amide bonds. The molecule has 1 saturated heterocycles. The van der Waals surface area contributed by atoms with Crippen molar-refractivity contribution >= 4 is 39.3 Å². The molecule has 2 aromatic carbocycles. The first kappa shape index (κ1) is 20.0. The Hall–Kier alpha value is -1.76. The average molecular weight is 427 g/mol. The predicted molar refractivity (Wildman–Crippen MR) is 107 cm³/mol. The number of sulfonamides is 1. The van der Waals surface area contributed by atoms with Crippen molar-refractivity contribution in [3.8, 4) is 0 Å². The smallest absolute Gasteiger partial charge is 0.324 e. The van der Waals surface area contributed by atoms with Gasteiger partial charge in [-0.3, -0.25) is 0 Å². The summed E-state index contributed by atoms with van der Waals surface area (Å²) in [5.74, 6) is 0. The molecule has 0 spiro atoms. The number of rotatable bonds is 4. The summed E-state index contributed by atoms with van der Waals surface area (Å²) >= 11 is 12.2. The van der Waals surface area contributed by atoms with E-state index in [9.17, 15) is 13.2 Å². The second-order valence-corrected chi connectivity index (χ2v) is 9.24. The van der Waals surface area contributed by atoms with Gasteiger partial charge in [0.15, 0.2) is 0 Å². The van der Waals surface area contributed by atoms with Gasteiger partial charge in [0.2, 0.25) is 0 Å². The van der Waals surface area contributed by atoms with Gasteiger partial charge >= 0.3 is 6.03 Å². The first-order chi connectivity index (χ1) is 12.8. The summed E-state index contributed by atoms with van der Waals surface area (Å²) in [4.78, 5) is 14.7. The maximum Gasteiger partial charge on any atom is 0.334 e. The van der Waals surface area contributed by atoms with Crippen molar-refractivity contribution in [1.82, 2.24) is 9.21 Å². The van der Waals surface area contributed by atoms with E-state index in [4.69, 9.17) is 23.2 Å². The first-order valence-electron chi connectivity index (χ1n) is 8.61. The van der Waals surface area contributed by atoms with Gasteiger partial charge in [-0.05, 0) is 49.6 Å². The minimum atomic E-state index is -4.03. The zero-order chi connectivity index (χ0) is 19.6. The quantitative estimate of drug-likeness (QED) is 0.710. The second-order valence-electron chi connectivity index (χ2n) is 6.54. The molecule has 1 aliphatic rings. The molecule has 2 aromatic rings. The molecule has 3 rings (SSSR count). The van der Waals surface area contributed by atoms with E-state index in [0.29, 0.717) is 28.7 Å².